The Hall–Kier alpha value is -2.44. The number of carbonyl (C=O) groups excluding carboxylic acids is 1. The molecular weight excluding hydrogens is 364 g/mol. The molecule has 4 rings (SSSR count). The molecule has 1 aliphatic heterocycles. The molecule has 1 aliphatic rings. The van der Waals surface area contributed by atoms with Crippen molar-refractivity contribution in [3.63, 3.8) is 0 Å². The van der Waals surface area contributed by atoms with Gasteiger partial charge < -0.3 is 14.7 Å². The van der Waals surface area contributed by atoms with Gasteiger partial charge in [-0.1, -0.05) is 36.3 Å². The standard InChI is InChI=1S/C20H22N4O2.ClH/c1-3-14-4-6-15(7-5-14)18-12-21-8-9-24(18)20(25)16-10-17-13(2)23-26-19(17)22-11-16;/h4-7,10-11,18,21H,3,8-9,12H2,1-2H3;1H. The number of hydrogen-bond donors (Lipinski definition) is 1. The molecular formula is C20H23ClN4O2. The Morgan fingerprint density at radius 2 is 2.11 bits per heavy atom. The number of aryl methyl sites for hydroxylation is 2. The van der Waals surface area contributed by atoms with E-state index in [1.165, 1.54) is 5.56 Å². The fourth-order valence-corrected chi connectivity index (χ4v) is 3.45. The smallest absolute Gasteiger partial charge is 0.257 e. The van der Waals surface area contributed by atoms with E-state index in [2.05, 4.69) is 46.6 Å². The molecule has 1 saturated heterocycles. The van der Waals surface area contributed by atoms with Crippen LogP contribution in [0.3, 0.4) is 0 Å². The molecule has 0 spiro atoms. The SMILES string of the molecule is CCc1ccc(C2CNCCN2C(=O)c2cnc3onc(C)c3c2)cc1.Cl. The van der Waals surface area contributed by atoms with Crippen molar-refractivity contribution in [2.24, 2.45) is 0 Å². The second kappa shape index (κ2) is 8.06. The van der Waals surface area contributed by atoms with Crippen molar-refractivity contribution >= 4 is 29.4 Å². The number of halogens is 1. The Morgan fingerprint density at radius 3 is 2.85 bits per heavy atom. The van der Waals surface area contributed by atoms with Crippen molar-refractivity contribution in [1.82, 2.24) is 20.4 Å². The second-order valence-electron chi connectivity index (χ2n) is 6.66. The van der Waals surface area contributed by atoms with Gasteiger partial charge in [-0.3, -0.25) is 4.79 Å². The summed E-state index contributed by atoms with van der Waals surface area (Å²) in [7, 11) is 0. The molecule has 1 N–H and O–H groups in total. The van der Waals surface area contributed by atoms with E-state index in [0.29, 0.717) is 17.8 Å². The predicted octanol–water partition coefficient (Wildman–Crippen LogP) is 3.30. The molecule has 2 aromatic heterocycles. The third kappa shape index (κ3) is 3.68. The van der Waals surface area contributed by atoms with Crippen LogP contribution in [0, 0.1) is 6.92 Å². The monoisotopic (exact) mass is 386 g/mol. The van der Waals surface area contributed by atoms with Crippen molar-refractivity contribution < 1.29 is 9.32 Å². The van der Waals surface area contributed by atoms with E-state index in [1.807, 2.05) is 17.9 Å². The highest BCUT2D eigenvalue weighted by Gasteiger charge is 2.29. The Kier molecular flexibility index (Phi) is 5.77. The number of aromatic nitrogens is 2. The van der Waals surface area contributed by atoms with E-state index in [9.17, 15) is 4.79 Å². The maximum absolute atomic E-state index is 13.2. The van der Waals surface area contributed by atoms with Crippen LogP contribution in [-0.2, 0) is 6.42 Å². The summed E-state index contributed by atoms with van der Waals surface area (Å²) in [5, 5.41) is 8.10. The summed E-state index contributed by atoms with van der Waals surface area (Å²) in [6.07, 6.45) is 2.59. The first-order valence-corrected chi connectivity index (χ1v) is 9.00. The normalized spacial score (nSPS) is 17.0. The molecule has 1 unspecified atom stereocenters. The summed E-state index contributed by atoms with van der Waals surface area (Å²) in [5.41, 5.74) is 4.23. The summed E-state index contributed by atoms with van der Waals surface area (Å²) in [4.78, 5) is 19.4. The maximum Gasteiger partial charge on any atom is 0.257 e. The topological polar surface area (TPSA) is 71.3 Å². The van der Waals surface area contributed by atoms with Crippen LogP contribution >= 0.6 is 12.4 Å². The van der Waals surface area contributed by atoms with Crippen LogP contribution in [0.2, 0.25) is 0 Å². The van der Waals surface area contributed by atoms with E-state index in [-0.39, 0.29) is 24.4 Å². The first-order valence-electron chi connectivity index (χ1n) is 9.00. The molecule has 7 heteroatoms. The van der Waals surface area contributed by atoms with Crippen molar-refractivity contribution in [3.05, 3.63) is 58.9 Å². The van der Waals surface area contributed by atoms with E-state index in [4.69, 9.17) is 4.52 Å². The summed E-state index contributed by atoms with van der Waals surface area (Å²) in [5.74, 6) is -0.00827. The van der Waals surface area contributed by atoms with Gasteiger partial charge in [-0.05, 0) is 30.5 Å². The van der Waals surface area contributed by atoms with Crippen LogP contribution in [0.5, 0.6) is 0 Å². The molecule has 1 fully saturated rings. The molecule has 0 aliphatic carbocycles. The highest BCUT2D eigenvalue weighted by atomic mass is 35.5. The summed E-state index contributed by atoms with van der Waals surface area (Å²) < 4.78 is 5.15. The van der Waals surface area contributed by atoms with Gasteiger partial charge in [0.05, 0.1) is 22.7 Å². The van der Waals surface area contributed by atoms with Crippen LogP contribution < -0.4 is 5.32 Å². The Labute approximate surface area is 164 Å². The minimum atomic E-state index is -0.00827. The average molecular weight is 387 g/mol. The number of nitrogens with one attached hydrogen (secondary N) is 1. The van der Waals surface area contributed by atoms with Gasteiger partial charge in [0.25, 0.3) is 11.6 Å². The molecule has 6 nitrogen and oxygen atoms in total. The van der Waals surface area contributed by atoms with Crippen molar-refractivity contribution in [2.45, 2.75) is 26.3 Å². The molecule has 3 heterocycles. The second-order valence-corrected chi connectivity index (χ2v) is 6.66. The maximum atomic E-state index is 13.2. The number of piperazine rings is 1. The predicted molar refractivity (Wildman–Crippen MR) is 106 cm³/mol. The first-order chi connectivity index (χ1) is 12.7. The highest BCUT2D eigenvalue weighted by Crippen LogP contribution is 2.26. The van der Waals surface area contributed by atoms with Gasteiger partial charge in [0.15, 0.2) is 0 Å². The van der Waals surface area contributed by atoms with E-state index < -0.39 is 0 Å². The molecule has 1 atom stereocenters. The summed E-state index contributed by atoms with van der Waals surface area (Å²) in [6, 6.07) is 10.4. The number of fused-ring (bicyclic) bond motifs is 1. The number of nitrogens with zero attached hydrogens (tertiary/aromatic N) is 3. The summed E-state index contributed by atoms with van der Waals surface area (Å²) >= 11 is 0. The van der Waals surface area contributed by atoms with Gasteiger partial charge in [-0.25, -0.2) is 4.98 Å². The number of rotatable bonds is 3. The molecule has 1 aromatic carbocycles. The van der Waals surface area contributed by atoms with Crippen LogP contribution in [0.15, 0.2) is 41.1 Å². The minimum absolute atomic E-state index is 0. The number of hydrogen-bond acceptors (Lipinski definition) is 5. The van der Waals surface area contributed by atoms with Gasteiger partial charge in [0.2, 0.25) is 0 Å². The van der Waals surface area contributed by atoms with Crippen molar-refractivity contribution in [2.75, 3.05) is 19.6 Å². The highest BCUT2D eigenvalue weighted by molar-refractivity contribution is 5.97. The molecule has 27 heavy (non-hydrogen) atoms. The number of amides is 1. The van der Waals surface area contributed by atoms with Crippen LogP contribution in [0.1, 0.15) is 40.1 Å². The Bertz CT molecular complexity index is 939. The van der Waals surface area contributed by atoms with Crippen molar-refractivity contribution in [1.29, 1.82) is 0 Å². The van der Waals surface area contributed by atoms with Gasteiger partial charge in [0, 0.05) is 25.8 Å². The van der Waals surface area contributed by atoms with E-state index >= 15 is 0 Å². The third-order valence-corrected chi connectivity index (χ3v) is 5.03. The third-order valence-electron chi connectivity index (χ3n) is 5.03. The molecule has 0 bridgehead atoms. The number of benzene rings is 1. The van der Waals surface area contributed by atoms with Gasteiger partial charge >= 0.3 is 0 Å². The number of pyridine rings is 1. The van der Waals surface area contributed by atoms with E-state index in [1.54, 1.807) is 6.20 Å². The van der Waals surface area contributed by atoms with Crippen LogP contribution in [0.4, 0.5) is 0 Å². The zero-order valence-electron chi connectivity index (χ0n) is 15.4. The van der Waals surface area contributed by atoms with Crippen LogP contribution in [0.25, 0.3) is 11.1 Å². The largest absolute Gasteiger partial charge is 0.336 e. The lowest BCUT2D eigenvalue weighted by Crippen LogP contribution is -2.48. The lowest BCUT2D eigenvalue weighted by molar-refractivity contribution is 0.0634. The molecule has 0 saturated carbocycles. The van der Waals surface area contributed by atoms with Gasteiger partial charge in [-0.15, -0.1) is 12.4 Å². The van der Waals surface area contributed by atoms with Gasteiger partial charge in [-0.2, -0.15) is 0 Å². The van der Waals surface area contributed by atoms with Gasteiger partial charge in [0.1, 0.15) is 0 Å². The fourth-order valence-electron chi connectivity index (χ4n) is 3.45. The number of carbonyl (C=O) groups is 1. The molecule has 0 radical (unpaired) electrons. The lowest BCUT2D eigenvalue weighted by Gasteiger charge is -2.36. The minimum Gasteiger partial charge on any atom is -0.336 e. The van der Waals surface area contributed by atoms with E-state index in [0.717, 1.165) is 36.2 Å². The first kappa shape index (κ1) is 19.3. The molecule has 3 aromatic rings. The zero-order chi connectivity index (χ0) is 18.1. The quantitative estimate of drug-likeness (QED) is 0.747. The summed E-state index contributed by atoms with van der Waals surface area (Å²) in [6.45, 7) is 6.20. The fraction of sp³-hybridized carbons (Fsp3) is 0.350. The van der Waals surface area contributed by atoms with Crippen LogP contribution in [-0.4, -0.2) is 40.6 Å². The molecule has 142 valence electrons. The molecule has 1 amide bonds. The Morgan fingerprint density at radius 1 is 1.33 bits per heavy atom. The lowest BCUT2D eigenvalue weighted by atomic mass is 10.00. The van der Waals surface area contributed by atoms with Crippen molar-refractivity contribution in [3.8, 4) is 0 Å². The average Bonchev–Trinajstić information content (AvgIpc) is 3.08. The zero-order valence-corrected chi connectivity index (χ0v) is 16.3. The Balaban J connectivity index is 0.00000210.